The Morgan fingerprint density at radius 3 is 2.36 bits per heavy atom. The molecule has 3 aromatic rings. The lowest BCUT2D eigenvalue weighted by Gasteiger charge is -2.19. The molecule has 7 heteroatoms. The van der Waals surface area contributed by atoms with Crippen molar-refractivity contribution in [1.82, 2.24) is 0 Å². The monoisotopic (exact) mass is 414 g/mol. The number of nitrogens with one attached hydrogen (secondary N) is 1. The smallest absolute Gasteiger partial charge is 0.264 e. The van der Waals surface area contributed by atoms with E-state index in [9.17, 15) is 13.2 Å². The normalized spacial score (nSPS) is 11.1. The number of carbonyl (C=O) groups excluding carboxylic acids is 1. The molecule has 0 aliphatic rings. The number of amides is 1. The van der Waals surface area contributed by atoms with Gasteiger partial charge in [0.25, 0.3) is 15.9 Å². The van der Waals surface area contributed by atoms with Crippen molar-refractivity contribution in [3.05, 3.63) is 88.9 Å². The fraction of sp³-hybridized carbons (Fsp3) is 0.0952. The van der Waals surface area contributed by atoms with Gasteiger partial charge in [-0.15, -0.1) is 0 Å². The number of anilines is 2. The number of halogens is 1. The van der Waals surface area contributed by atoms with Gasteiger partial charge >= 0.3 is 0 Å². The highest BCUT2D eigenvalue weighted by Crippen LogP contribution is 2.25. The first-order chi connectivity index (χ1) is 13.3. The molecule has 0 spiro atoms. The largest absolute Gasteiger partial charge is 0.321 e. The van der Waals surface area contributed by atoms with Gasteiger partial charge in [-0.1, -0.05) is 41.9 Å². The molecule has 0 saturated carbocycles. The zero-order valence-electron chi connectivity index (χ0n) is 15.4. The molecule has 0 saturated heterocycles. The summed E-state index contributed by atoms with van der Waals surface area (Å²) >= 11 is 6.16. The van der Waals surface area contributed by atoms with Crippen molar-refractivity contribution in [3.63, 3.8) is 0 Å². The lowest BCUT2D eigenvalue weighted by Crippen LogP contribution is -2.26. The molecular formula is C21H19ClN2O3S. The van der Waals surface area contributed by atoms with E-state index in [4.69, 9.17) is 11.6 Å². The fourth-order valence-corrected chi connectivity index (χ4v) is 4.17. The molecule has 3 rings (SSSR count). The van der Waals surface area contributed by atoms with Crippen LogP contribution >= 0.6 is 11.6 Å². The maximum atomic E-state index is 12.9. The summed E-state index contributed by atoms with van der Waals surface area (Å²) in [5.74, 6) is -0.440. The molecule has 144 valence electrons. The van der Waals surface area contributed by atoms with Crippen molar-refractivity contribution in [2.24, 2.45) is 0 Å². The molecule has 5 nitrogen and oxygen atoms in total. The van der Waals surface area contributed by atoms with E-state index in [0.717, 1.165) is 5.56 Å². The molecular weight excluding hydrogens is 396 g/mol. The van der Waals surface area contributed by atoms with Gasteiger partial charge in [-0.05, 0) is 55.0 Å². The summed E-state index contributed by atoms with van der Waals surface area (Å²) in [6, 6.07) is 19.9. The molecule has 0 aliphatic carbocycles. The van der Waals surface area contributed by atoms with Gasteiger partial charge in [0.2, 0.25) is 0 Å². The Labute approximate surface area is 169 Å². The Morgan fingerprint density at radius 2 is 1.68 bits per heavy atom. The van der Waals surface area contributed by atoms with Crippen molar-refractivity contribution < 1.29 is 13.2 Å². The van der Waals surface area contributed by atoms with Crippen LogP contribution in [-0.2, 0) is 10.0 Å². The van der Waals surface area contributed by atoms with E-state index in [1.807, 2.05) is 19.1 Å². The van der Waals surface area contributed by atoms with Gasteiger partial charge in [-0.25, -0.2) is 8.42 Å². The third-order valence-corrected chi connectivity index (χ3v) is 6.34. The Morgan fingerprint density at radius 1 is 0.964 bits per heavy atom. The maximum Gasteiger partial charge on any atom is 0.264 e. The van der Waals surface area contributed by atoms with E-state index in [1.165, 1.54) is 29.6 Å². The summed E-state index contributed by atoms with van der Waals surface area (Å²) in [6.45, 7) is 1.90. The molecule has 1 N–H and O–H groups in total. The van der Waals surface area contributed by atoms with Gasteiger partial charge in [0.15, 0.2) is 0 Å². The number of carbonyl (C=O) groups is 1. The Kier molecular flexibility index (Phi) is 5.72. The molecule has 1 amide bonds. The van der Waals surface area contributed by atoms with E-state index in [2.05, 4.69) is 5.32 Å². The lowest BCUT2D eigenvalue weighted by atomic mass is 10.2. The minimum absolute atomic E-state index is 0.0292. The van der Waals surface area contributed by atoms with Crippen LogP contribution in [-0.4, -0.2) is 21.4 Å². The molecule has 28 heavy (non-hydrogen) atoms. The quantitative estimate of drug-likeness (QED) is 0.656. The number of hydrogen-bond acceptors (Lipinski definition) is 3. The second-order valence-electron chi connectivity index (χ2n) is 6.27. The summed E-state index contributed by atoms with van der Waals surface area (Å²) < 4.78 is 27.0. The summed E-state index contributed by atoms with van der Waals surface area (Å²) in [6.07, 6.45) is 0. The first-order valence-corrected chi connectivity index (χ1v) is 10.3. The highest BCUT2D eigenvalue weighted by Gasteiger charge is 2.22. The number of rotatable bonds is 5. The average molecular weight is 415 g/mol. The van der Waals surface area contributed by atoms with Crippen molar-refractivity contribution in [2.45, 2.75) is 11.8 Å². The standard InChI is InChI=1S/C21H19ClN2O3S/c1-15-11-12-20(19(22)13-15)23-21(25)16-7-6-10-18(14-16)28(26,27)24(2)17-8-4-3-5-9-17/h3-14H,1-2H3,(H,23,25). The second-order valence-corrected chi connectivity index (χ2v) is 8.65. The van der Waals surface area contributed by atoms with E-state index >= 15 is 0 Å². The number of hydrogen-bond donors (Lipinski definition) is 1. The molecule has 0 bridgehead atoms. The van der Waals surface area contributed by atoms with Crippen molar-refractivity contribution in [1.29, 1.82) is 0 Å². The highest BCUT2D eigenvalue weighted by molar-refractivity contribution is 7.92. The van der Waals surface area contributed by atoms with Crippen LogP contribution < -0.4 is 9.62 Å². The molecule has 0 radical (unpaired) electrons. The van der Waals surface area contributed by atoms with Gasteiger partial charge in [0.05, 0.1) is 21.3 Å². The van der Waals surface area contributed by atoms with Crippen LogP contribution in [0.25, 0.3) is 0 Å². The summed E-state index contributed by atoms with van der Waals surface area (Å²) in [7, 11) is -2.33. The van der Waals surface area contributed by atoms with E-state index in [-0.39, 0.29) is 10.5 Å². The zero-order valence-corrected chi connectivity index (χ0v) is 17.0. The molecule has 0 heterocycles. The zero-order chi connectivity index (χ0) is 20.3. The van der Waals surface area contributed by atoms with E-state index < -0.39 is 15.9 Å². The van der Waals surface area contributed by atoms with Crippen LogP contribution in [0.3, 0.4) is 0 Å². The Hall–Kier alpha value is -2.83. The average Bonchev–Trinajstić information content (AvgIpc) is 2.70. The Bertz CT molecular complexity index is 1120. The van der Waals surface area contributed by atoms with E-state index in [0.29, 0.717) is 16.4 Å². The van der Waals surface area contributed by atoms with Crippen LogP contribution in [0.4, 0.5) is 11.4 Å². The third kappa shape index (κ3) is 4.18. The Balaban J connectivity index is 1.88. The summed E-state index contributed by atoms with van der Waals surface area (Å²) in [5.41, 5.74) is 2.19. The molecule has 0 fully saturated rings. The first kappa shape index (κ1) is 19.9. The number of aryl methyl sites for hydroxylation is 1. The van der Waals surface area contributed by atoms with Crippen LogP contribution in [0, 0.1) is 6.92 Å². The topological polar surface area (TPSA) is 66.5 Å². The van der Waals surface area contributed by atoms with Gasteiger partial charge in [-0.3, -0.25) is 9.10 Å². The predicted octanol–water partition coefficient (Wildman–Crippen LogP) is 4.73. The summed E-state index contributed by atoms with van der Waals surface area (Å²) in [5, 5.41) is 3.13. The SMILES string of the molecule is Cc1ccc(NC(=O)c2cccc(S(=O)(=O)N(C)c3ccccc3)c2)c(Cl)c1. The molecule has 0 aliphatic heterocycles. The van der Waals surface area contributed by atoms with Crippen molar-refractivity contribution in [3.8, 4) is 0 Å². The van der Waals surface area contributed by atoms with Crippen LogP contribution in [0.2, 0.25) is 5.02 Å². The fourth-order valence-electron chi connectivity index (χ4n) is 2.65. The van der Waals surface area contributed by atoms with Crippen LogP contribution in [0.15, 0.2) is 77.7 Å². The predicted molar refractivity (Wildman–Crippen MR) is 113 cm³/mol. The van der Waals surface area contributed by atoms with Gasteiger partial charge < -0.3 is 5.32 Å². The van der Waals surface area contributed by atoms with Gasteiger partial charge in [-0.2, -0.15) is 0 Å². The minimum atomic E-state index is -3.81. The first-order valence-electron chi connectivity index (χ1n) is 8.50. The van der Waals surface area contributed by atoms with Crippen molar-refractivity contribution >= 4 is 38.9 Å². The number of sulfonamides is 1. The highest BCUT2D eigenvalue weighted by atomic mass is 35.5. The maximum absolute atomic E-state index is 12.9. The second kappa shape index (κ2) is 8.04. The molecule has 0 atom stereocenters. The number of para-hydroxylation sites is 1. The lowest BCUT2D eigenvalue weighted by molar-refractivity contribution is 0.102. The minimum Gasteiger partial charge on any atom is -0.321 e. The van der Waals surface area contributed by atoms with Crippen LogP contribution in [0.1, 0.15) is 15.9 Å². The number of nitrogens with zero attached hydrogens (tertiary/aromatic N) is 1. The molecule has 3 aromatic carbocycles. The van der Waals surface area contributed by atoms with Gasteiger partial charge in [0, 0.05) is 12.6 Å². The number of benzene rings is 3. The summed E-state index contributed by atoms with van der Waals surface area (Å²) in [4.78, 5) is 12.6. The third-order valence-electron chi connectivity index (χ3n) is 4.25. The van der Waals surface area contributed by atoms with Crippen LogP contribution in [0.5, 0.6) is 0 Å². The van der Waals surface area contributed by atoms with Gasteiger partial charge in [0.1, 0.15) is 0 Å². The van der Waals surface area contributed by atoms with Crippen molar-refractivity contribution in [2.75, 3.05) is 16.7 Å². The molecule has 0 aromatic heterocycles. The molecule has 0 unspecified atom stereocenters. The van der Waals surface area contributed by atoms with E-state index in [1.54, 1.807) is 42.5 Å².